The van der Waals surface area contributed by atoms with Crippen molar-refractivity contribution < 1.29 is 13.2 Å². The molecule has 0 radical (unpaired) electrons. The largest absolute Gasteiger partial charge is 0.416 e. The Morgan fingerprint density at radius 1 is 1.10 bits per heavy atom. The lowest BCUT2D eigenvalue weighted by Crippen LogP contribution is -2.08. The van der Waals surface area contributed by atoms with Crippen LogP contribution in [-0.4, -0.2) is 11.5 Å². The SMILES string of the molecule is FC(F)(F)c1cccc(CCNc2cccc(Br)n2)c1. The zero-order valence-corrected chi connectivity index (χ0v) is 12.0. The van der Waals surface area contributed by atoms with E-state index < -0.39 is 11.7 Å². The van der Waals surface area contributed by atoms with Crippen LogP contribution in [0.1, 0.15) is 11.1 Å². The van der Waals surface area contributed by atoms with E-state index in [0.717, 1.165) is 6.07 Å². The first kappa shape index (κ1) is 14.8. The maximum atomic E-state index is 12.6. The van der Waals surface area contributed by atoms with Crippen molar-refractivity contribution in [3.8, 4) is 0 Å². The number of nitrogens with one attached hydrogen (secondary N) is 1. The van der Waals surface area contributed by atoms with Gasteiger partial charge in [-0.15, -0.1) is 0 Å². The molecule has 20 heavy (non-hydrogen) atoms. The molecule has 0 unspecified atom stereocenters. The van der Waals surface area contributed by atoms with Gasteiger partial charge in [0.2, 0.25) is 0 Å². The number of aromatic nitrogens is 1. The van der Waals surface area contributed by atoms with Crippen LogP contribution in [0.25, 0.3) is 0 Å². The summed E-state index contributed by atoms with van der Waals surface area (Å²) in [5.74, 6) is 0.686. The van der Waals surface area contributed by atoms with Crippen molar-refractivity contribution in [2.45, 2.75) is 12.6 Å². The lowest BCUT2D eigenvalue weighted by Gasteiger charge is -2.09. The first-order valence-corrected chi connectivity index (χ1v) is 6.77. The van der Waals surface area contributed by atoms with Crippen LogP contribution < -0.4 is 5.32 Å². The Morgan fingerprint density at radius 3 is 2.55 bits per heavy atom. The highest BCUT2D eigenvalue weighted by molar-refractivity contribution is 9.10. The van der Waals surface area contributed by atoms with Crippen molar-refractivity contribution in [1.29, 1.82) is 0 Å². The van der Waals surface area contributed by atoms with Gasteiger partial charge in [0.05, 0.1) is 5.56 Å². The third-order valence-corrected chi connectivity index (χ3v) is 3.13. The smallest absolute Gasteiger partial charge is 0.370 e. The Balaban J connectivity index is 1.94. The number of pyridine rings is 1. The van der Waals surface area contributed by atoms with Crippen LogP contribution in [0.15, 0.2) is 47.1 Å². The Hall–Kier alpha value is -1.56. The summed E-state index contributed by atoms with van der Waals surface area (Å²) in [7, 11) is 0. The summed E-state index contributed by atoms with van der Waals surface area (Å²) in [6, 6.07) is 10.8. The minimum atomic E-state index is -4.30. The maximum absolute atomic E-state index is 12.6. The first-order chi connectivity index (χ1) is 9.45. The number of rotatable bonds is 4. The molecule has 0 spiro atoms. The summed E-state index contributed by atoms with van der Waals surface area (Å²) < 4.78 is 38.4. The van der Waals surface area contributed by atoms with Crippen LogP contribution in [0, 0.1) is 0 Å². The van der Waals surface area contributed by atoms with Crippen molar-refractivity contribution in [2.75, 3.05) is 11.9 Å². The molecule has 0 bridgehead atoms. The summed E-state index contributed by atoms with van der Waals surface area (Å²) in [6.45, 7) is 0.519. The van der Waals surface area contributed by atoms with Gasteiger partial charge in [-0.05, 0) is 46.1 Å². The number of benzene rings is 1. The highest BCUT2D eigenvalue weighted by atomic mass is 79.9. The molecule has 0 aliphatic rings. The molecule has 1 heterocycles. The fourth-order valence-corrected chi connectivity index (χ4v) is 2.09. The number of halogens is 4. The van der Waals surface area contributed by atoms with E-state index in [1.165, 1.54) is 12.1 Å². The molecule has 2 aromatic rings. The molecule has 106 valence electrons. The normalized spacial score (nSPS) is 11.4. The quantitative estimate of drug-likeness (QED) is 0.825. The predicted molar refractivity (Wildman–Crippen MR) is 75.6 cm³/mol. The summed E-state index contributed by atoms with van der Waals surface area (Å²) in [5.41, 5.74) is 0.0258. The molecule has 0 aliphatic heterocycles. The monoisotopic (exact) mass is 344 g/mol. The van der Waals surface area contributed by atoms with Gasteiger partial charge < -0.3 is 5.32 Å². The van der Waals surface area contributed by atoms with Gasteiger partial charge in [0.15, 0.2) is 0 Å². The van der Waals surface area contributed by atoms with Crippen molar-refractivity contribution in [3.05, 3.63) is 58.2 Å². The summed E-state index contributed by atoms with van der Waals surface area (Å²) in [5, 5.41) is 3.07. The van der Waals surface area contributed by atoms with Crippen LogP contribution >= 0.6 is 15.9 Å². The highest BCUT2D eigenvalue weighted by Gasteiger charge is 2.30. The fourth-order valence-electron chi connectivity index (χ4n) is 1.74. The second-order valence-electron chi connectivity index (χ2n) is 4.22. The second kappa shape index (κ2) is 6.26. The average Bonchev–Trinajstić information content (AvgIpc) is 2.38. The fraction of sp³-hybridized carbons (Fsp3) is 0.214. The van der Waals surface area contributed by atoms with Crippen molar-refractivity contribution >= 4 is 21.7 Å². The number of hydrogen-bond donors (Lipinski definition) is 1. The molecule has 1 N–H and O–H groups in total. The summed E-state index contributed by atoms with van der Waals surface area (Å²) in [6.07, 6.45) is -3.80. The van der Waals surface area contributed by atoms with Crippen LogP contribution in [0.5, 0.6) is 0 Å². The zero-order chi connectivity index (χ0) is 14.6. The van der Waals surface area contributed by atoms with Gasteiger partial charge >= 0.3 is 6.18 Å². The molecular weight excluding hydrogens is 333 g/mol. The van der Waals surface area contributed by atoms with Gasteiger partial charge in [0, 0.05) is 6.54 Å². The van der Waals surface area contributed by atoms with E-state index in [-0.39, 0.29) is 0 Å². The Labute approximate surface area is 123 Å². The lowest BCUT2D eigenvalue weighted by atomic mass is 10.1. The van der Waals surface area contributed by atoms with E-state index in [4.69, 9.17) is 0 Å². The second-order valence-corrected chi connectivity index (χ2v) is 5.03. The van der Waals surface area contributed by atoms with Crippen LogP contribution in [0.4, 0.5) is 19.0 Å². The molecule has 2 rings (SSSR count). The third-order valence-electron chi connectivity index (χ3n) is 2.69. The van der Waals surface area contributed by atoms with E-state index in [2.05, 4.69) is 26.2 Å². The topological polar surface area (TPSA) is 24.9 Å². The molecule has 0 amide bonds. The van der Waals surface area contributed by atoms with Crippen LogP contribution in [-0.2, 0) is 12.6 Å². The Bertz CT molecular complexity index is 585. The van der Waals surface area contributed by atoms with Crippen molar-refractivity contribution in [2.24, 2.45) is 0 Å². The molecule has 0 saturated heterocycles. The number of anilines is 1. The molecule has 6 heteroatoms. The molecule has 1 aromatic carbocycles. The maximum Gasteiger partial charge on any atom is 0.416 e. The Morgan fingerprint density at radius 2 is 1.85 bits per heavy atom. The number of hydrogen-bond acceptors (Lipinski definition) is 2. The van der Waals surface area contributed by atoms with E-state index in [0.29, 0.717) is 29.0 Å². The highest BCUT2D eigenvalue weighted by Crippen LogP contribution is 2.29. The predicted octanol–water partition coefficient (Wildman–Crippen LogP) is 4.52. The minimum Gasteiger partial charge on any atom is -0.370 e. The third kappa shape index (κ3) is 4.23. The van der Waals surface area contributed by atoms with Gasteiger partial charge in [-0.25, -0.2) is 4.98 Å². The van der Waals surface area contributed by atoms with Gasteiger partial charge in [-0.3, -0.25) is 0 Å². The zero-order valence-electron chi connectivity index (χ0n) is 10.4. The van der Waals surface area contributed by atoms with Crippen LogP contribution in [0.2, 0.25) is 0 Å². The van der Waals surface area contributed by atoms with Gasteiger partial charge in [-0.1, -0.05) is 24.3 Å². The number of alkyl halides is 3. The standard InChI is InChI=1S/C14H12BrF3N2/c15-12-5-2-6-13(20-12)19-8-7-10-3-1-4-11(9-10)14(16,17)18/h1-6,9H,7-8H2,(H,19,20). The van der Waals surface area contributed by atoms with Gasteiger partial charge in [0.25, 0.3) is 0 Å². The molecule has 0 fully saturated rings. The average molecular weight is 345 g/mol. The molecule has 0 atom stereocenters. The van der Waals surface area contributed by atoms with Crippen LogP contribution in [0.3, 0.4) is 0 Å². The molecule has 1 aromatic heterocycles. The molecule has 0 aliphatic carbocycles. The Kier molecular flexibility index (Phi) is 4.65. The molecule has 0 saturated carbocycles. The van der Waals surface area contributed by atoms with Gasteiger partial charge in [0.1, 0.15) is 10.4 Å². The lowest BCUT2D eigenvalue weighted by molar-refractivity contribution is -0.137. The van der Waals surface area contributed by atoms with E-state index in [9.17, 15) is 13.2 Å². The van der Waals surface area contributed by atoms with Crippen molar-refractivity contribution in [3.63, 3.8) is 0 Å². The summed E-state index contributed by atoms with van der Waals surface area (Å²) >= 11 is 3.25. The van der Waals surface area contributed by atoms with E-state index >= 15 is 0 Å². The minimum absolute atomic E-state index is 0.498. The van der Waals surface area contributed by atoms with E-state index in [1.807, 2.05) is 6.07 Å². The number of nitrogens with zero attached hydrogens (tertiary/aromatic N) is 1. The van der Waals surface area contributed by atoms with Gasteiger partial charge in [-0.2, -0.15) is 13.2 Å². The molecular formula is C14H12BrF3N2. The van der Waals surface area contributed by atoms with E-state index in [1.54, 1.807) is 18.2 Å². The molecule has 2 nitrogen and oxygen atoms in total. The van der Waals surface area contributed by atoms with Crippen molar-refractivity contribution in [1.82, 2.24) is 4.98 Å². The first-order valence-electron chi connectivity index (χ1n) is 5.98. The summed E-state index contributed by atoms with van der Waals surface area (Å²) in [4.78, 5) is 4.19.